The Morgan fingerprint density at radius 1 is 1.04 bits per heavy atom. The van der Waals surface area contributed by atoms with E-state index >= 15 is 0 Å². The first-order valence-electron chi connectivity index (χ1n) is 7.77. The van der Waals surface area contributed by atoms with Crippen LogP contribution in [0.2, 0.25) is 0 Å². The fourth-order valence-corrected chi connectivity index (χ4v) is 2.99. The molecule has 0 aliphatic rings. The quantitative estimate of drug-likeness (QED) is 0.779. The fraction of sp³-hybridized carbons (Fsp3) is 0.222. The number of hydrogen-bond acceptors (Lipinski definition) is 5. The molecule has 0 aliphatic carbocycles. The molecule has 0 heterocycles. The van der Waals surface area contributed by atoms with Crippen molar-refractivity contribution in [3.05, 3.63) is 59.7 Å². The van der Waals surface area contributed by atoms with Gasteiger partial charge in [0.2, 0.25) is 10.0 Å². The molecule has 138 valence electrons. The van der Waals surface area contributed by atoms with Crippen molar-refractivity contribution in [1.29, 1.82) is 0 Å². The van der Waals surface area contributed by atoms with Gasteiger partial charge in [-0.15, -0.1) is 0 Å². The molecular weight excluding hydrogens is 356 g/mol. The lowest BCUT2D eigenvalue weighted by molar-refractivity contribution is -0.119. The zero-order valence-electron chi connectivity index (χ0n) is 14.7. The van der Waals surface area contributed by atoms with Crippen molar-refractivity contribution >= 4 is 27.6 Å². The van der Waals surface area contributed by atoms with Crippen molar-refractivity contribution in [2.75, 3.05) is 26.0 Å². The molecule has 0 spiro atoms. The van der Waals surface area contributed by atoms with Crippen LogP contribution in [0.3, 0.4) is 0 Å². The minimum absolute atomic E-state index is 0.0661. The molecule has 0 saturated carbocycles. The Balaban J connectivity index is 1.96. The van der Waals surface area contributed by atoms with Crippen LogP contribution in [-0.4, -0.2) is 45.3 Å². The zero-order valence-corrected chi connectivity index (χ0v) is 15.5. The Labute approximate surface area is 152 Å². The van der Waals surface area contributed by atoms with Gasteiger partial charge in [-0.05, 0) is 42.8 Å². The zero-order chi connectivity index (χ0) is 19.3. The van der Waals surface area contributed by atoms with E-state index < -0.39 is 28.5 Å². The van der Waals surface area contributed by atoms with Gasteiger partial charge in [0, 0.05) is 19.8 Å². The van der Waals surface area contributed by atoms with Gasteiger partial charge in [0.1, 0.15) is 0 Å². The summed E-state index contributed by atoms with van der Waals surface area (Å²) in [4.78, 5) is 24.0. The van der Waals surface area contributed by atoms with E-state index in [4.69, 9.17) is 4.74 Å². The average Bonchev–Trinajstić information content (AvgIpc) is 2.61. The van der Waals surface area contributed by atoms with Crippen LogP contribution in [-0.2, 0) is 19.6 Å². The predicted octanol–water partition coefficient (Wildman–Crippen LogP) is 2.04. The molecule has 0 aliphatic heterocycles. The number of nitrogens with one attached hydrogen (secondary N) is 1. The second-order valence-electron chi connectivity index (χ2n) is 5.75. The van der Waals surface area contributed by atoms with Crippen LogP contribution in [0.15, 0.2) is 53.4 Å². The lowest BCUT2D eigenvalue weighted by Crippen LogP contribution is -2.22. The maximum atomic E-state index is 12.0. The largest absolute Gasteiger partial charge is 0.452 e. The molecule has 1 amide bonds. The number of benzene rings is 2. The van der Waals surface area contributed by atoms with Gasteiger partial charge in [-0.1, -0.05) is 18.2 Å². The molecule has 2 aromatic rings. The third-order valence-corrected chi connectivity index (χ3v) is 5.45. The first-order chi connectivity index (χ1) is 12.2. The van der Waals surface area contributed by atoms with Gasteiger partial charge >= 0.3 is 5.97 Å². The van der Waals surface area contributed by atoms with Crippen LogP contribution in [0.25, 0.3) is 0 Å². The Kier molecular flexibility index (Phi) is 6.12. The lowest BCUT2D eigenvalue weighted by atomic mass is 10.2. The second kappa shape index (κ2) is 8.11. The van der Waals surface area contributed by atoms with Gasteiger partial charge in [0.05, 0.1) is 10.5 Å². The SMILES string of the molecule is Cc1ccccc1NC(=O)COC(=O)c1ccc(S(=O)(=O)N(C)C)cc1. The first-order valence-corrected chi connectivity index (χ1v) is 9.21. The highest BCUT2D eigenvalue weighted by Gasteiger charge is 2.18. The minimum Gasteiger partial charge on any atom is -0.452 e. The van der Waals surface area contributed by atoms with Crippen molar-refractivity contribution in [1.82, 2.24) is 4.31 Å². The molecule has 2 rings (SSSR count). The van der Waals surface area contributed by atoms with Gasteiger partial charge in [-0.2, -0.15) is 0 Å². The Morgan fingerprint density at radius 2 is 1.65 bits per heavy atom. The topological polar surface area (TPSA) is 92.8 Å². The monoisotopic (exact) mass is 376 g/mol. The summed E-state index contributed by atoms with van der Waals surface area (Å²) in [5.41, 5.74) is 1.70. The highest BCUT2D eigenvalue weighted by Crippen LogP contribution is 2.15. The fourth-order valence-electron chi connectivity index (χ4n) is 2.09. The molecule has 1 N–H and O–H groups in total. The number of nitrogens with zero attached hydrogens (tertiary/aromatic N) is 1. The van der Waals surface area contributed by atoms with Crippen LogP contribution < -0.4 is 5.32 Å². The molecule has 7 nitrogen and oxygen atoms in total. The Bertz CT molecular complexity index is 905. The van der Waals surface area contributed by atoms with Crippen LogP contribution in [0.1, 0.15) is 15.9 Å². The standard InChI is InChI=1S/C18H20N2O5S/c1-13-6-4-5-7-16(13)19-17(21)12-25-18(22)14-8-10-15(11-9-14)26(23,24)20(2)3/h4-11H,12H2,1-3H3,(H,19,21). The molecule has 26 heavy (non-hydrogen) atoms. The molecule has 0 radical (unpaired) electrons. The molecule has 8 heteroatoms. The van der Waals surface area contributed by atoms with E-state index in [0.29, 0.717) is 5.69 Å². The van der Waals surface area contributed by atoms with Crippen LogP contribution in [0.5, 0.6) is 0 Å². The van der Waals surface area contributed by atoms with Crippen LogP contribution >= 0.6 is 0 Å². The number of amides is 1. The molecule has 0 bridgehead atoms. The summed E-state index contributed by atoms with van der Waals surface area (Å²) in [6.45, 7) is 1.41. The summed E-state index contributed by atoms with van der Waals surface area (Å²) >= 11 is 0. The van der Waals surface area contributed by atoms with E-state index in [0.717, 1.165) is 9.87 Å². The van der Waals surface area contributed by atoms with Crippen molar-refractivity contribution in [2.45, 2.75) is 11.8 Å². The van der Waals surface area contributed by atoms with Crippen molar-refractivity contribution in [2.24, 2.45) is 0 Å². The van der Waals surface area contributed by atoms with Crippen molar-refractivity contribution in [3.63, 3.8) is 0 Å². The maximum absolute atomic E-state index is 12.0. The molecule has 0 unspecified atom stereocenters. The number of aryl methyl sites for hydroxylation is 1. The highest BCUT2D eigenvalue weighted by molar-refractivity contribution is 7.89. The van der Waals surface area contributed by atoms with E-state index in [2.05, 4.69) is 5.32 Å². The van der Waals surface area contributed by atoms with Gasteiger partial charge in [-0.3, -0.25) is 4.79 Å². The van der Waals surface area contributed by atoms with Crippen LogP contribution in [0.4, 0.5) is 5.69 Å². The van der Waals surface area contributed by atoms with E-state index in [9.17, 15) is 18.0 Å². The molecule has 0 fully saturated rings. The number of carbonyl (C=O) groups excluding carboxylic acids is 2. The van der Waals surface area contributed by atoms with Crippen molar-refractivity contribution < 1.29 is 22.7 Å². The van der Waals surface area contributed by atoms with E-state index in [1.165, 1.54) is 38.4 Å². The Morgan fingerprint density at radius 3 is 2.23 bits per heavy atom. The molecular formula is C18H20N2O5S. The number of rotatable bonds is 6. The third kappa shape index (κ3) is 4.68. The third-order valence-electron chi connectivity index (χ3n) is 3.62. The summed E-state index contributed by atoms with van der Waals surface area (Å²) in [5.74, 6) is -1.17. The smallest absolute Gasteiger partial charge is 0.338 e. The molecule has 0 saturated heterocycles. The first kappa shape index (κ1) is 19.6. The summed E-state index contributed by atoms with van der Waals surface area (Å²) in [5, 5.41) is 2.66. The lowest BCUT2D eigenvalue weighted by Gasteiger charge is -2.11. The highest BCUT2D eigenvalue weighted by atomic mass is 32.2. The second-order valence-corrected chi connectivity index (χ2v) is 7.90. The maximum Gasteiger partial charge on any atom is 0.338 e. The molecule has 0 atom stereocenters. The van der Waals surface area contributed by atoms with E-state index in [1.807, 2.05) is 19.1 Å². The normalized spacial score (nSPS) is 11.2. The van der Waals surface area contributed by atoms with Gasteiger partial charge in [-0.25, -0.2) is 17.5 Å². The number of carbonyl (C=O) groups is 2. The summed E-state index contributed by atoms with van der Waals surface area (Å²) in [6, 6.07) is 12.6. The summed E-state index contributed by atoms with van der Waals surface area (Å²) in [6.07, 6.45) is 0. The number of para-hydroxylation sites is 1. The summed E-state index contributed by atoms with van der Waals surface area (Å²) < 4.78 is 30.0. The summed E-state index contributed by atoms with van der Waals surface area (Å²) in [7, 11) is -0.724. The van der Waals surface area contributed by atoms with Gasteiger partial charge in [0.15, 0.2) is 6.61 Å². The number of esters is 1. The van der Waals surface area contributed by atoms with E-state index in [1.54, 1.807) is 12.1 Å². The minimum atomic E-state index is -3.57. The molecule has 0 aromatic heterocycles. The average molecular weight is 376 g/mol. The number of ether oxygens (including phenoxy) is 1. The van der Waals surface area contributed by atoms with Crippen LogP contribution in [0, 0.1) is 6.92 Å². The predicted molar refractivity (Wildman–Crippen MR) is 97.4 cm³/mol. The van der Waals surface area contributed by atoms with E-state index in [-0.39, 0.29) is 10.5 Å². The van der Waals surface area contributed by atoms with Crippen molar-refractivity contribution in [3.8, 4) is 0 Å². The van der Waals surface area contributed by atoms with Gasteiger partial charge in [0.25, 0.3) is 5.91 Å². The Hall–Kier alpha value is -2.71. The molecule has 2 aromatic carbocycles. The van der Waals surface area contributed by atoms with Gasteiger partial charge < -0.3 is 10.1 Å². The number of anilines is 1. The number of hydrogen-bond donors (Lipinski definition) is 1. The number of sulfonamides is 1.